The second-order valence-electron chi connectivity index (χ2n) is 15.6. The van der Waals surface area contributed by atoms with E-state index in [0.717, 1.165) is 49.1 Å². The van der Waals surface area contributed by atoms with Crippen molar-refractivity contribution in [2.45, 2.75) is 232 Å². The molecule has 0 aromatic carbocycles. The second-order valence-corrected chi connectivity index (χ2v) is 16.5. The number of thiazole rings is 1. The molecule has 1 rings (SSSR count). The van der Waals surface area contributed by atoms with E-state index in [2.05, 4.69) is 19.2 Å². The minimum Gasteiger partial charge on any atom is -0.466 e. The van der Waals surface area contributed by atoms with Gasteiger partial charge in [0.2, 0.25) is 12.1 Å². The molecule has 8 nitrogen and oxygen atoms in total. The summed E-state index contributed by atoms with van der Waals surface area (Å²) in [7, 11) is 0. The molecule has 0 fully saturated rings. The summed E-state index contributed by atoms with van der Waals surface area (Å²) >= 11 is 1.50. The molecule has 1 heterocycles. The first-order valence-electron chi connectivity index (χ1n) is 22.6. The lowest BCUT2D eigenvalue weighted by Crippen LogP contribution is -2.49. The number of nitrogens with zero attached hydrogens (tertiary/aromatic N) is 1. The smallest absolute Gasteiger partial charge is 0.328 e. The fourth-order valence-electron chi connectivity index (χ4n) is 6.98. The summed E-state index contributed by atoms with van der Waals surface area (Å²) in [5, 5.41) is 12.1. The number of aromatic nitrogens is 1. The Morgan fingerprint density at radius 2 is 1.06 bits per heavy atom. The highest BCUT2D eigenvalue weighted by atomic mass is 32.1. The Labute approximate surface area is 335 Å². The van der Waals surface area contributed by atoms with Crippen molar-refractivity contribution in [3.05, 3.63) is 16.1 Å². The van der Waals surface area contributed by atoms with Crippen molar-refractivity contribution in [3.63, 3.8) is 0 Å². The molecular weight excluding hydrogens is 697 g/mol. The zero-order valence-electron chi connectivity index (χ0n) is 35.2. The topological polar surface area (TPSA) is 106 Å². The van der Waals surface area contributed by atoms with Crippen molar-refractivity contribution in [1.29, 1.82) is 0 Å². The molecule has 2 N–H and O–H groups in total. The van der Waals surface area contributed by atoms with E-state index in [0.29, 0.717) is 19.6 Å². The number of nitrogens with one attached hydrogen (secondary N) is 1. The number of aliphatic hydroxyl groups excluding tert-OH is 1. The molecule has 1 amide bonds. The van der Waals surface area contributed by atoms with Crippen LogP contribution in [0.1, 0.15) is 217 Å². The van der Waals surface area contributed by atoms with Crippen molar-refractivity contribution in [3.8, 4) is 0 Å². The lowest BCUT2D eigenvalue weighted by atomic mass is 10.0. The minimum absolute atomic E-state index is 0.0444. The number of ether oxygens (including phenoxy) is 2. The van der Waals surface area contributed by atoms with Crippen molar-refractivity contribution in [2.24, 2.45) is 0 Å². The highest BCUT2D eigenvalue weighted by Gasteiger charge is 2.26. The quantitative estimate of drug-likeness (QED) is 0.0392. The molecule has 0 radical (unpaired) electrons. The fraction of sp³-hybridized carbons (Fsp3) is 0.867. The van der Waals surface area contributed by atoms with E-state index in [1.54, 1.807) is 0 Å². The highest BCUT2D eigenvalue weighted by molar-refractivity contribution is 7.09. The molecule has 1 aromatic heterocycles. The lowest BCUT2D eigenvalue weighted by Gasteiger charge is -2.17. The van der Waals surface area contributed by atoms with Gasteiger partial charge < -0.3 is 19.9 Å². The average Bonchev–Trinajstić information content (AvgIpc) is 3.50. The standard InChI is InChI=1S/C45H82N2O6S/c1-4-6-8-10-12-14-16-18-20-22-24-26-28-30-36-52-44(50)33-32-41(46-43(49)38-47-39-54-42(34-35-48)40(47)3)45(51)53-37-31-29-27-25-23-21-19-17-15-13-11-9-7-5-2/h39,41,48H,4-38H2,1-3H3/p+1/t41-/m1/s1. The maximum atomic E-state index is 13.1. The summed E-state index contributed by atoms with van der Waals surface area (Å²) in [6, 6.07) is -0.908. The largest absolute Gasteiger partial charge is 0.466 e. The van der Waals surface area contributed by atoms with E-state index in [4.69, 9.17) is 9.47 Å². The first kappa shape index (κ1) is 50.0. The fourth-order valence-corrected chi connectivity index (χ4v) is 7.96. The Bertz CT molecular complexity index is 1050. The van der Waals surface area contributed by atoms with Gasteiger partial charge in [0.25, 0.3) is 5.91 Å². The van der Waals surface area contributed by atoms with E-state index in [1.165, 1.54) is 153 Å². The molecule has 9 heteroatoms. The molecule has 0 saturated heterocycles. The van der Waals surface area contributed by atoms with Crippen LogP contribution in [0.3, 0.4) is 0 Å². The number of aliphatic hydroxyl groups is 1. The van der Waals surface area contributed by atoms with E-state index in [1.807, 2.05) is 17.0 Å². The summed E-state index contributed by atoms with van der Waals surface area (Å²) in [5.74, 6) is -1.16. The molecule has 0 unspecified atom stereocenters. The lowest BCUT2D eigenvalue weighted by molar-refractivity contribution is -0.685. The molecular formula is C45H83N2O6S+. The van der Waals surface area contributed by atoms with Crippen LogP contribution in [0.25, 0.3) is 0 Å². The van der Waals surface area contributed by atoms with Gasteiger partial charge in [0.05, 0.1) is 18.1 Å². The van der Waals surface area contributed by atoms with Crippen LogP contribution in [0, 0.1) is 6.92 Å². The maximum Gasteiger partial charge on any atom is 0.328 e. The number of carbonyl (C=O) groups is 3. The number of carbonyl (C=O) groups excluding carboxylic acids is 3. The Morgan fingerprint density at radius 1 is 0.648 bits per heavy atom. The van der Waals surface area contributed by atoms with Crippen LogP contribution in [-0.4, -0.2) is 48.8 Å². The summed E-state index contributed by atoms with van der Waals surface area (Å²) in [6.07, 6.45) is 36.2. The number of amides is 1. The van der Waals surface area contributed by atoms with Gasteiger partial charge in [-0.2, -0.15) is 4.57 Å². The van der Waals surface area contributed by atoms with Crippen LogP contribution in [0.15, 0.2) is 5.51 Å². The SMILES string of the molecule is CCCCCCCCCCCCCCCCOC(=O)CC[C@@H](NC(=O)C[n+]1csc(CCO)c1C)C(=O)OCCCCCCCCCCCCCCCC. The van der Waals surface area contributed by atoms with Crippen LogP contribution in [0.2, 0.25) is 0 Å². The Balaban J connectivity index is 2.32. The van der Waals surface area contributed by atoms with Crippen molar-refractivity contribution in [1.82, 2.24) is 5.32 Å². The Kier molecular flexibility index (Phi) is 33.9. The van der Waals surface area contributed by atoms with Gasteiger partial charge in [-0.15, -0.1) is 0 Å². The zero-order valence-corrected chi connectivity index (χ0v) is 36.1. The van der Waals surface area contributed by atoms with Gasteiger partial charge in [-0.3, -0.25) is 9.59 Å². The van der Waals surface area contributed by atoms with E-state index in [9.17, 15) is 19.5 Å². The molecule has 0 saturated carbocycles. The number of hydrogen-bond acceptors (Lipinski definition) is 7. The van der Waals surface area contributed by atoms with Gasteiger partial charge in [-0.1, -0.05) is 192 Å². The van der Waals surface area contributed by atoms with Crippen LogP contribution >= 0.6 is 11.3 Å². The third-order valence-electron chi connectivity index (χ3n) is 10.6. The molecule has 1 atom stereocenters. The van der Waals surface area contributed by atoms with Gasteiger partial charge in [0.1, 0.15) is 6.04 Å². The highest BCUT2D eigenvalue weighted by Crippen LogP contribution is 2.15. The zero-order chi connectivity index (χ0) is 39.3. The van der Waals surface area contributed by atoms with Gasteiger partial charge in [0.15, 0.2) is 5.69 Å². The first-order chi connectivity index (χ1) is 26.4. The van der Waals surface area contributed by atoms with Crippen LogP contribution in [-0.2, 0) is 36.8 Å². The summed E-state index contributed by atoms with van der Waals surface area (Å²) in [5.41, 5.74) is 2.78. The monoisotopic (exact) mass is 780 g/mol. The number of hydrogen-bond donors (Lipinski definition) is 2. The molecule has 314 valence electrons. The van der Waals surface area contributed by atoms with E-state index in [-0.39, 0.29) is 37.9 Å². The third-order valence-corrected chi connectivity index (χ3v) is 11.7. The molecule has 54 heavy (non-hydrogen) atoms. The molecule has 0 bridgehead atoms. The summed E-state index contributed by atoms with van der Waals surface area (Å²) in [6.45, 7) is 7.26. The van der Waals surface area contributed by atoms with Gasteiger partial charge in [-0.25, -0.2) is 4.79 Å². The summed E-state index contributed by atoms with van der Waals surface area (Å²) in [4.78, 5) is 39.8. The minimum atomic E-state index is -0.908. The summed E-state index contributed by atoms with van der Waals surface area (Å²) < 4.78 is 12.9. The predicted molar refractivity (Wildman–Crippen MR) is 224 cm³/mol. The predicted octanol–water partition coefficient (Wildman–Crippen LogP) is 11.2. The Hall–Kier alpha value is -2.00. The molecule has 0 spiro atoms. The van der Waals surface area contributed by atoms with Gasteiger partial charge in [0, 0.05) is 26.4 Å². The molecule has 0 aliphatic heterocycles. The molecule has 0 aliphatic rings. The van der Waals surface area contributed by atoms with E-state index < -0.39 is 12.0 Å². The van der Waals surface area contributed by atoms with Gasteiger partial charge >= 0.3 is 11.9 Å². The Morgan fingerprint density at radius 3 is 1.48 bits per heavy atom. The van der Waals surface area contributed by atoms with Crippen molar-refractivity contribution < 1.29 is 33.5 Å². The van der Waals surface area contributed by atoms with Crippen LogP contribution < -0.4 is 9.88 Å². The molecule has 0 aliphatic carbocycles. The van der Waals surface area contributed by atoms with Crippen LogP contribution in [0.5, 0.6) is 0 Å². The normalized spacial score (nSPS) is 11.9. The molecule has 1 aromatic rings. The number of rotatable bonds is 39. The van der Waals surface area contributed by atoms with Crippen LogP contribution in [0.4, 0.5) is 0 Å². The first-order valence-corrected chi connectivity index (χ1v) is 23.5. The number of unbranched alkanes of at least 4 members (excludes halogenated alkanes) is 26. The van der Waals surface area contributed by atoms with E-state index >= 15 is 0 Å². The maximum absolute atomic E-state index is 13.1. The van der Waals surface area contributed by atoms with Crippen molar-refractivity contribution in [2.75, 3.05) is 19.8 Å². The third kappa shape index (κ3) is 28.4. The number of esters is 2. The second kappa shape index (κ2) is 36.6. The van der Waals surface area contributed by atoms with Gasteiger partial charge in [-0.05, 0) is 19.3 Å². The van der Waals surface area contributed by atoms with Crippen molar-refractivity contribution >= 4 is 29.2 Å². The average molecular weight is 780 g/mol.